The molecule has 0 spiro atoms. The van der Waals surface area contributed by atoms with Crippen molar-refractivity contribution in [3.05, 3.63) is 0 Å². The number of methoxy groups -OCH3 is 1. The van der Waals surface area contributed by atoms with Crippen LogP contribution in [0.4, 0.5) is 0 Å². The summed E-state index contributed by atoms with van der Waals surface area (Å²) in [6, 6.07) is 0. The molecule has 0 aromatic rings. The van der Waals surface area contributed by atoms with E-state index in [1.165, 1.54) is 7.11 Å². The standard InChI is InChI=1S/C39H69N3O8/c1-34(2)19-25(20-35(3,4)40(34)13)48-30(43)17-28(32(45)47-16)29(33(46)50-27-23-38(9,10)42(15)39(11,12)24-27)18-31(44)49-26-21-36(5,6)41(14)37(7,8)22-26/h25-29H,17-24H2,1-16H3. The summed E-state index contributed by atoms with van der Waals surface area (Å²) in [4.78, 5) is 61.9. The molecule has 50 heavy (non-hydrogen) atoms. The van der Waals surface area contributed by atoms with Crippen molar-refractivity contribution in [1.82, 2.24) is 14.7 Å². The topological polar surface area (TPSA) is 115 Å². The van der Waals surface area contributed by atoms with Crippen molar-refractivity contribution in [3.8, 4) is 0 Å². The smallest absolute Gasteiger partial charge is 0.310 e. The molecule has 0 aliphatic carbocycles. The van der Waals surface area contributed by atoms with Crippen LogP contribution in [0.25, 0.3) is 0 Å². The van der Waals surface area contributed by atoms with Gasteiger partial charge in [0.1, 0.15) is 18.3 Å². The van der Waals surface area contributed by atoms with E-state index in [1.54, 1.807) is 0 Å². The highest BCUT2D eigenvalue weighted by Gasteiger charge is 2.49. The summed E-state index contributed by atoms with van der Waals surface area (Å²) >= 11 is 0. The lowest BCUT2D eigenvalue weighted by molar-refractivity contribution is -0.178. The molecule has 11 nitrogen and oxygen atoms in total. The van der Waals surface area contributed by atoms with Crippen molar-refractivity contribution >= 4 is 23.9 Å². The Morgan fingerprint density at radius 1 is 0.480 bits per heavy atom. The fraction of sp³-hybridized carbons (Fsp3) is 0.897. The van der Waals surface area contributed by atoms with Gasteiger partial charge in [0.2, 0.25) is 0 Å². The van der Waals surface area contributed by atoms with Crippen LogP contribution in [0.15, 0.2) is 0 Å². The van der Waals surface area contributed by atoms with Crippen LogP contribution in [0, 0.1) is 11.8 Å². The average molecular weight is 708 g/mol. The van der Waals surface area contributed by atoms with Gasteiger partial charge in [-0.15, -0.1) is 0 Å². The van der Waals surface area contributed by atoms with Crippen molar-refractivity contribution in [3.63, 3.8) is 0 Å². The van der Waals surface area contributed by atoms with E-state index in [2.05, 4.69) is 119 Å². The second kappa shape index (κ2) is 14.6. The van der Waals surface area contributed by atoms with Crippen LogP contribution in [-0.4, -0.2) is 118 Å². The first-order valence-corrected chi connectivity index (χ1v) is 18.4. The van der Waals surface area contributed by atoms with E-state index in [0.717, 1.165) is 0 Å². The van der Waals surface area contributed by atoms with Gasteiger partial charge in [0.25, 0.3) is 0 Å². The Morgan fingerprint density at radius 3 is 0.980 bits per heavy atom. The third-order valence-corrected chi connectivity index (χ3v) is 12.8. The molecule has 3 fully saturated rings. The van der Waals surface area contributed by atoms with Crippen molar-refractivity contribution in [1.29, 1.82) is 0 Å². The summed E-state index contributed by atoms with van der Waals surface area (Å²) in [6.07, 6.45) is 1.54. The quantitative estimate of drug-likeness (QED) is 0.204. The predicted molar refractivity (Wildman–Crippen MR) is 193 cm³/mol. The predicted octanol–water partition coefficient (Wildman–Crippen LogP) is 5.76. The third kappa shape index (κ3) is 9.59. The van der Waals surface area contributed by atoms with E-state index >= 15 is 0 Å². The van der Waals surface area contributed by atoms with Crippen molar-refractivity contribution < 1.29 is 38.1 Å². The molecule has 0 aromatic heterocycles. The molecule has 0 radical (unpaired) electrons. The number of nitrogens with zero attached hydrogens (tertiary/aromatic N) is 3. The van der Waals surface area contributed by atoms with E-state index in [0.29, 0.717) is 38.5 Å². The number of rotatable bonds is 10. The second-order valence-electron chi connectivity index (χ2n) is 19.2. The third-order valence-electron chi connectivity index (χ3n) is 12.8. The molecule has 2 atom stereocenters. The minimum atomic E-state index is -1.30. The minimum Gasteiger partial charge on any atom is -0.469 e. The summed E-state index contributed by atoms with van der Waals surface area (Å²) in [5, 5.41) is 0. The highest BCUT2D eigenvalue weighted by atomic mass is 16.6. The van der Waals surface area contributed by atoms with E-state index in [4.69, 9.17) is 18.9 Å². The van der Waals surface area contributed by atoms with E-state index < -0.39 is 54.7 Å². The Morgan fingerprint density at radius 2 is 0.720 bits per heavy atom. The molecule has 3 saturated heterocycles. The molecule has 3 rings (SSSR count). The van der Waals surface area contributed by atoms with Gasteiger partial charge in [-0.25, -0.2) is 0 Å². The van der Waals surface area contributed by atoms with Crippen molar-refractivity contribution in [2.45, 2.75) is 186 Å². The Bertz CT molecular complexity index is 1220. The fourth-order valence-electron chi connectivity index (χ4n) is 9.10. The largest absolute Gasteiger partial charge is 0.469 e. The minimum absolute atomic E-state index is 0.225. The average Bonchev–Trinajstić information content (AvgIpc) is 2.93. The maximum absolute atomic E-state index is 14.2. The first kappa shape index (κ1) is 42.2. The van der Waals surface area contributed by atoms with Crippen LogP contribution in [0.1, 0.15) is 134 Å². The number of piperidine rings is 3. The first-order valence-electron chi connectivity index (χ1n) is 18.4. The van der Waals surface area contributed by atoms with Gasteiger partial charge >= 0.3 is 23.9 Å². The highest BCUT2D eigenvalue weighted by molar-refractivity contribution is 5.88. The van der Waals surface area contributed by atoms with Crippen LogP contribution < -0.4 is 0 Å². The number of likely N-dealkylation sites (tertiary alicyclic amines) is 3. The summed E-state index contributed by atoms with van der Waals surface area (Å²) in [6.45, 7) is 25.3. The van der Waals surface area contributed by atoms with Gasteiger partial charge in [-0.05, 0) is 104 Å². The zero-order valence-corrected chi connectivity index (χ0v) is 34.2. The first-order chi connectivity index (χ1) is 22.5. The highest BCUT2D eigenvalue weighted by Crippen LogP contribution is 2.41. The van der Waals surface area contributed by atoms with Crippen LogP contribution in [-0.2, 0) is 38.1 Å². The molecule has 11 heteroatoms. The van der Waals surface area contributed by atoms with Crippen LogP contribution in [0.2, 0.25) is 0 Å². The molecule has 0 aromatic carbocycles. The maximum Gasteiger partial charge on any atom is 0.310 e. The summed E-state index contributed by atoms with van der Waals surface area (Å²) in [5.41, 5.74) is -1.44. The van der Waals surface area contributed by atoms with Gasteiger partial charge in [-0.2, -0.15) is 0 Å². The second-order valence-corrected chi connectivity index (χ2v) is 19.2. The summed E-state index contributed by atoms with van der Waals surface area (Å²) in [7, 11) is 7.42. The van der Waals surface area contributed by atoms with Gasteiger partial charge in [0, 0.05) is 71.8 Å². The van der Waals surface area contributed by atoms with Crippen LogP contribution in [0.3, 0.4) is 0 Å². The monoisotopic (exact) mass is 708 g/mol. The van der Waals surface area contributed by atoms with Crippen LogP contribution >= 0.6 is 0 Å². The Hall–Kier alpha value is -2.24. The molecule has 3 aliphatic rings. The summed E-state index contributed by atoms with van der Waals surface area (Å²) in [5.74, 6) is -5.31. The molecule has 288 valence electrons. The van der Waals surface area contributed by atoms with E-state index in [9.17, 15) is 19.2 Å². The molecular weight excluding hydrogens is 638 g/mol. The Kier molecular flexibility index (Phi) is 12.4. The lowest BCUT2D eigenvalue weighted by atomic mass is 9.78. The molecule has 0 saturated carbocycles. The molecule has 0 bridgehead atoms. The molecule has 0 amide bonds. The van der Waals surface area contributed by atoms with E-state index in [-0.39, 0.29) is 45.4 Å². The Labute approximate surface area is 302 Å². The maximum atomic E-state index is 14.2. The number of carbonyl (C=O) groups is 4. The number of carbonyl (C=O) groups excluding carboxylic acids is 4. The SMILES string of the molecule is COC(=O)C(CC(=O)OC1CC(C)(C)N(C)C(C)(C)C1)C(CC(=O)OC1CC(C)(C)N(C)C(C)(C)C1)C(=O)OC1CC(C)(C)N(C)C(C)(C)C1. The zero-order valence-electron chi connectivity index (χ0n) is 34.2. The number of ether oxygens (including phenoxy) is 4. The van der Waals surface area contributed by atoms with Gasteiger partial charge in [0.05, 0.1) is 31.8 Å². The molecular formula is C39H69N3O8. The van der Waals surface area contributed by atoms with Crippen LogP contribution in [0.5, 0.6) is 0 Å². The molecule has 3 heterocycles. The van der Waals surface area contributed by atoms with E-state index in [1.807, 2.05) is 0 Å². The van der Waals surface area contributed by atoms with Crippen molar-refractivity contribution in [2.75, 3.05) is 28.3 Å². The fourth-order valence-corrected chi connectivity index (χ4v) is 9.10. The number of esters is 4. The number of hydrogen-bond acceptors (Lipinski definition) is 11. The van der Waals surface area contributed by atoms with Gasteiger partial charge in [-0.3, -0.25) is 33.9 Å². The normalized spacial score (nSPS) is 26.7. The molecule has 3 aliphatic heterocycles. The van der Waals surface area contributed by atoms with Gasteiger partial charge < -0.3 is 18.9 Å². The lowest BCUT2D eigenvalue weighted by Gasteiger charge is -2.53. The molecule has 2 unspecified atom stereocenters. The summed E-state index contributed by atoms with van der Waals surface area (Å²) < 4.78 is 23.4. The zero-order chi connectivity index (χ0) is 38.4. The Balaban J connectivity index is 1.89. The van der Waals surface area contributed by atoms with Crippen molar-refractivity contribution in [2.24, 2.45) is 11.8 Å². The number of hydrogen-bond donors (Lipinski definition) is 0. The van der Waals surface area contributed by atoms with Gasteiger partial charge in [0.15, 0.2) is 0 Å². The molecule has 0 N–H and O–H groups in total. The lowest BCUT2D eigenvalue weighted by Crippen LogP contribution is -2.60. The van der Waals surface area contributed by atoms with Gasteiger partial charge in [-0.1, -0.05) is 0 Å².